The lowest BCUT2D eigenvalue weighted by Crippen LogP contribution is -2.29. The molecule has 2 N–H and O–H groups in total. The van der Waals surface area contributed by atoms with E-state index in [-0.39, 0.29) is 17.8 Å². The zero-order valence-corrected chi connectivity index (χ0v) is 16.0. The highest BCUT2D eigenvalue weighted by atomic mass is 32.2. The fraction of sp³-hybridized carbons (Fsp3) is 0.190. The molecular weight excluding hydrogens is 376 g/mol. The quantitative estimate of drug-likeness (QED) is 0.692. The number of hydrogen-bond acceptors (Lipinski definition) is 5. The van der Waals surface area contributed by atoms with E-state index in [1.807, 2.05) is 30.3 Å². The van der Waals surface area contributed by atoms with Crippen molar-refractivity contribution >= 4 is 34.9 Å². The van der Waals surface area contributed by atoms with Crippen molar-refractivity contribution in [2.75, 3.05) is 13.2 Å². The van der Waals surface area contributed by atoms with E-state index in [0.717, 1.165) is 30.2 Å². The molecule has 1 heterocycles. The zero-order chi connectivity index (χ0) is 19.9. The number of primary amides is 1. The Morgan fingerprint density at radius 3 is 2.46 bits per heavy atom. The first-order valence-corrected chi connectivity index (χ1v) is 9.65. The summed E-state index contributed by atoms with van der Waals surface area (Å²) >= 11 is 0.947. The van der Waals surface area contributed by atoms with Gasteiger partial charge in [0.15, 0.2) is 6.61 Å². The van der Waals surface area contributed by atoms with Crippen LogP contribution in [0.2, 0.25) is 0 Å². The molecule has 3 amide bonds. The Bertz CT molecular complexity index is 894. The van der Waals surface area contributed by atoms with Gasteiger partial charge in [-0.25, -0.2) is 0 Å². The Hall–Kier alpha value is -3.06. The molecule has 0 saturated carbocycles. The van der Waals surface area contributed by atoms with Gasteiger partial charge in [0.2, 0.25) is 0 Å². The van der Waals surface area contributed by atoms with Crippen molar-refractivity contribution in [1.82, 2.24) is 4.90 Å². The highest BCUT2D eigenvalue weighted by Crippen LogP contribution is 2.32. The molecule has 0 aromatic heterocycles. The number of nitrogens with two attached hydrogens (primary N) is 1. The topological polar surface area (TPSA) is 89.7 Å². The van der Waals surface area contributed by atoms with Gasteiger partial charge < -0.3 is 10.5 Å². The maximum absolute atomic E-state index is 12.5. The molecule has 1 saturated heterocycles. The van der Waals surface area contributed by atoms with Crippen LogP contribution in [0.25, 0.3) is 6.08 Å². The SMILES string of the molecule is NC(=O)COc1ccc(/C=C2/SC(=O)N(CCCc3ccccc3)C2=O)cc1. The van der Waals surface area contributed by atoms with E-state index in [2.05, 4.69) is 0 Å². The third-order valence-electron chi connectivity index (χ3n) is 4.12. The van der Waals surface area contributed by atoms with Crippen LogP contribution in [0, 0.1) is 0 Å². The van der Waals surface area contributed by atoms with Gasteiger partial charge in [0.1, 0.15) is 5.75 Å². The molecule has 1 aliphatic rings. The van der Waals surface area contributed by atoms with Gasteiger partial charge in [0.25, 0.3) is 17.1 Å². The fourth-order valence-corrected chi connectivity index (χ4v) is 3.61. The lowest BCUT2D eigenvalue weighted by atomic mass is 10.1. The van der Waals surface area contributed by atoms with E-state index >= 15 is 0 Å². The van der Waals surface area contributed by atoms with Crippen molar-refractivity contribution in [1.29, 1.82) is 0 Å². The van der Waals surface area contributed by atoms with Crippen molar-refractivity contribution in [2.24, 2.45) is 5.73 Å². The van der Waals surface area contributed by atoms with Crippen LogP contribution in [0.5, 0.6) is 5.75 Å². The largest absolute Gasteiger partial charge is 0.484 e. The van der Waals surface area contributed by atoms with E-state index in [0.29, 0.717) is 17.2 Å². The molecule has 1 aliphatic heterocycles. The molecule has 0 atom stereocenters. The lowest BCUT2D eigenvalue weighted by molar-refractivity contribution is -0.123. The smallest absolute Gasteiger partial charge is 0.293 e. The Morgan fingerprint density at radius 2 is 1.79 bits per heavy atom. The number of benzene rings is 2. The average molecular weight is 396 g/mol. The van der Waals surface area contributed by atoms with E-state index in [1.165, 1.54) is 10.5 Å². The summed E-state index contributed by atoms with van der Waals surface area (Å²) in [5.74, 6) is -0.313. The number of amides is 3. The first-order valence-electron chi connectivity index (χ1n) is 8.83. The standard InChI is InChI=1S/C21H20N2O4S/c22-19(24)14-27-17-10-8-16(9-11-17)13-18-20(25)23(21(26)28-18)12-4-7-15-5-2-1-3-6-15/h1-3,5-6,8-11,13H,4,7,12,14H2,(H2,22,24)/b18-13+. The Morgan fingerprint density at radius 1 is 1.07 bits per heavy atom. The molecule has 1 fully saturated rings. The molecule has 28 heavy (non-hydrogen) atoms. The molecule has 2 aromatic rings. The van der Waals surface area contributed by atoms with E-state index in [4.69, 9.17) is 10.5 Å². The summed E-state index contributed by atoms with van der Waals surface area (Å²) < 4.78 is 5.20. The second-order valence-corrected chi connectivity index (χ2v) is 7.24. The van der Waals surface area contributed by atoms with Gasteiger partial charge in [-0.2, -0.15) is 0 Å². The summed E-state index contributed by atoms with van der Waals surface area (Å²) in [4.78, 5) is 37.2. The van der Waals surface area contributed by atoms with Gasteiger partial charge in [-0.15, -0.1) is 0 Å². The average Bonchev–Trinajstić information content (AvgIpc) is 2.95. The molecule has 0 radical (unpaired) electrons. The number of carbonyl (C=O) groups is 3. The molecule has 7 heteroatoms. The number of rotatable bonds is 8. The third-order valence-corrected chi connectivity index (χ3v) is 5.03. The zero-order valence-electron chi connectivity index (χ0n) is 15.2. The highest BCUT2D eigenvalue weighted by molar-refractivity contribution is 8.18. The van der Waals surface area contributed by atoms with Gasteiger partial charge in [-0.1, -0.05) is 42.5 Å². The molecule has 3 rings (SSSR count). The van der Waals surface area contributed by atoms with Crippen molar-refractivity contribution in [2.45, 2.75) is 12.8 Å². The van der Waals surface area contributed by atoms with Gasteiger partial charge >= 0.3 is 0 Å². The Balaban J connectivity index is 1.58. The predicted molar refractivity (Wildman–Crippen MR) is 109 cm³/mol. The van der Waals surface area contributed by atoms with Crippen LogP contribution in [0.1, 0.15) is 17.5 Å². The summed E-state index contributed by atoms with van der Waals surface area (Å²) in [6, 6.07) is 16.8. The number of imide groups is 1. The minimum atomic E-state index is -0.551. The number of thioether (sulfide) groups is 1. The van der Waals surface area contributed by atoms with Crippen LogP contribution in [-0.4, -0.2) is 35.1 Å². The van der Waals surface area contributed by atoms with Gasteiger partial charge in [0.05, 0.1) is 4.91 Å². The monoisotopic (exact) mass is 396 g/mol. The Kier molecular flexibility index (Phi) is 6.49. The maximum Gasteiger partial charge on any atom is 0.293 e. The van der Waals surface area contributed by atoms with E-state index < -0.39 is 5.91 Å². The molecule has 2 aromatic carbocycles. The summed E-state index contributed by atoms with van der Waals surface area (Å²) in [5.41, 5.74) is 6.99. The van der Waals surface area contributed by atoms with Crippen molar-refractivity contribution in [3.8, 4) is 5.75 Å². The second kappa shape index (κ2) is 9.23. The number of ether oxygens (including phenoxy) is 1. The first-order chi connectivity index (χ1) is 13.5. The minimum Gasteiger partial charge on any atom is -0.484 e. The Labute approximate surface area is 167 Å². The van der Waals surface area contributed by atoms with Gasteiger partial charge in [-0.05, 0) is 53.9 Å². The lowest BCUT2D eigenvalue weighted by Gasteiger charge is -2.12. The van der Waals surface area contributed by atoms with Crippen molar-refractivity contribution < 1.29 is 19.1 Å². The van der Waals surface area contributed by atoms with Crippen LogP contribution >= 0.6 is 11.8 Å². The van der Waals surface area contributed by atoms with Crippen molar-refractivity contribution in [3.05, 3.63) is 70.6 Å². The second-order valence-electron chi connectivity index (χ2n) is 6.25. The van der Waals surface area contributed by atoms with Crippen molar-refractivity contribution in [3.63, 3.8) is 0 Å². The highest BCUT2D eigenvalue weighted by Gasteiger charge is 2.34. The molecule has 6 nitrogen and oxygen atoms in total. The van der Waals surface area contributed by atoms with Crippen LogP contribution in [0.15, 0.2) is 59.5 Å². The number of hydrogen-bond donors (Lipinski definition) is 1. The summed E-state index contributed by atoms with van der Waals surface area (Å²) in [5, 5.41) is -0.245. The van der Waals surface area contributed by atoms with Crippen LogP contribution in [-0.2, 0) is 16.0 Å². The maximum atomic E-state index is 12.5. The molecule has 144 valence electrons. The minimum absolute atomic E-state index is 0.193. The number of carbonyl (C=O) groups excluding carboxylic acids is 3. The van der Waals surface area contributed by atoms with Crippen LogP contribution in [0.4, 0.5) is 4.79 Å². The van der Waals surface area contributed by atoms with Gasteiger partial charge in [-0.3, -0.25) is 19.3 Å². The van der Waals surface area contributed by atoms with Gasteiger partial charge in [0, 0.05) is 6.54 Å². The molecular formula is C21H20N2O4S. The number of aryl methyl sites for hydroxylation is 1. The van der Waals surface area contributed by atoms with Crippen LogP contribution in [0.3, 0.4) is 0 Å². The molecule has 0 spiro atoms. The summed E-state index contributed by atoms with van der Waals surface area (Å²) in [6.45, 7) is 0.206. The summed E-state index contributed by atoms with van der Waals surface area (Å²) in [6.07, 6.45) is 3.22. The molecule has 0 bridgehead atoms. The molecule has 0 unspecified atom stereocenters. The molecule has 0 aliphatic carbocycles. The normalized spacial score (nSPS) is 15.3. The first kappa shape index (κ1) is 19.7. The van der Waals surface area contributed by atoms with E-state index in [1.54, 1.807) is 30.3 Å². The predicted octanol–water partition coefficient (Wildman–Crippen LogP) is 3.22. The third kappa shape index (κ3) is 5.23. The van der Waals surface area contributed by atoms with Crippen LogP contribution < -0.4 is 10.5 Å². The summed E-state index contributed by atoms with van der Waals surface area (Å²) in [7, 11) is 0. The van der Waals surface area contributed by atoms with E-state index in [9.17, 15) is 14.4 Å². The fourth-order valence-electron chi connectivity index (χ4n) is 2.74. The number of nitrogens with zero attached hydrogens (tertiary/aromatic N) is 1.